The Balaban J connectivity index is 2.33. The number of hydrogen-bond donors (Lipinski definition) is 0. The third-order valence-electron chi connectivity index (χ3n) is 1.60. The summed E-state index contributed by atoms with van der Waals surface area (Å²) in [5.74, 6) is 0.595. The highest BCUT2D eigenvalue weighted by molar-refractivity contribution is 14.1. The monoisotopic (exact) mass is 364 g/mol. The molecule has 0 saturated carbocycles. The summed E-state index contributed by atoms with van der Waals surface area (Å²) in [5, 5.41) is 4.88. The summed E-state index contributed by atoms with van der Waals surface area (Å²) >= 11 is 5.53. The molecule has 72 valence electrons. The van der Waals surface area contributed by atoms with E-state index in [0.29, 0.717) is 5.95 Å². The SMILES string of the molecule is BrCc1cnc(-n2cc(I)cn2)nc1. The zero-order valence-corrected chi connectivity index (χ0v) is 10.8. The Labute approximate surface area is 103 Å². The summed E-state index contributed by atoms with van der Waals surface area (Å²) in [7, 11) is 0. The zero-order chi connectivity index (χ0) is 9.97. The van der Waals surface area contributed by atoms with Gasteiger partial charge in [0.1, 0.15) is 0 Å². The van der Waals surface area contributed by atoms with Crippen molar-refractivity contribution in [3.05, 3.63) is 33.9 Å². The molecule has 2 aromatic rings. The van der Waals surface area contributed by atoms with Gasteiger partial charge in [0.2, 0.25) is 5.95 Å². The molecule has 0 spiro atoms. The van der Waals surface area contributed by atoms with Crippen LogP contribution in [0.25, 0.3) is 5.95 Å². The highest BCUT2D eigenvalue weighted by Gasteiger charge is 2.01. The second kappa shape index (κ2) is 4.35. The lowest BCUT2D eigenvalue weighted by molar-refractivity contribution is 0.804. The van der Waals surface area contributed by atoms with Crippen LogP contribution in [0.3, 0.4) is 0 Å². The van der Waals surface area contributed by atoms with Crippen molar-refractivity contribution in [3.8, 4) is 5.95 Å². The van der Waals surface area contributed by atoms with Gasteiger partial charge in [-0.1, -0.05) is 15.9 Å². The van der Waals surface area contributed by atoms with E-state index in [0.717, 1.165) is 14.5 Å². The first-order chi connectivity index (χ1) is 6.79. The van der Waals surface area contributed by atoms with Gasteiger partial charge >= 0.3 is 0 Å². The van der Waals surface area contributed by atoms with Gasteiger partial charge < -0.3 is 0 Å². The Morgan fingerprint density at radius 3 is 2.50 bits per heavy atom. The maximum absolute atomic E-state index is 4.19. The van der Waals surface area contributed by atoms with Crippen molar-refractivity contribution in [2.45, 2.75) is 5.33 Å². The van der Waals surface area contributed by atoms with Crippen LogP contribution >= 0.6 is 38.5 Å². The second-order valence-electron chi connectivity index (χ2n) is 2.63. The number of hydrogen-bond acceptors (Lipinski definition) is 3. The van der Waals surface area contributed by atoms with Crippen LogP contribution in [0, 0.1) is 3.57 Å². The molecule has 14 heavy (non-hydrogen) atoms. The molecule has 0 aliphatic rings. The highest BCUT2D eigenvalue weighted by Crippen LogP contribution is 2.07. The van der Waals surface area contributed by atoms with E-state index in [1.807, 2.05) is 6.20 Å². The molecule has 4 nitrogen and oxygen atoms in total. The van der Waals surface area contributed by atoms with Gasteiger partial charge in [0.05, 0.1) is 9.77 Å². The Kier molecular flexibility index (Phi) is 3.12. The molecule has 0 fully saturated rings. The average Bonchev–Trinajstić information content (AvgIpc) is 2.65. The van der Waals surface area contributed by atoms with E-state index in [-0.39, 0.29) is 0 Å². The lowest BCUT2D eigenvalue weighted by Crippen LogP contribution is -2.01. The third-order valence-corrected chi connectivity index (χ3v) is 2.81. The van der Waals surface area contributed by atoms with Crippen molar-refractivity contribution in [2.75, 3.05) is 0 Å². The molecule has 2 aromatic heterocycles. The Bertz CT molecular complexity index is 425. The van der Waals surface area contributed by atoms with E-state index < -0.39 is 0 Å². The van der Waals surface area contributed by atoms with E-state index in [1.54, 1.807) is 23.3 Å². The molecule has 0 atom stereocenters. The maximum Gasteiger partial charge on any atom is 0.250 e. The van der Waals surface area contributed by atoms with Crippen molar-refractivity contribution in [1.29, 1.82) is 0 Å². The number of alkyl halides is 1. The standard InChI is InChI=1S/C8H6BrIN4/c9-1-6-2-11-8(12-3-6)14-5-7(10)4-13-14/h2-5H,1H2. The van der Waals surface area contributed by atoms with Gasteiger partial charge in [0, 0.05) is 23.9 Å². The summed E-state index contributed by atoms with van der Waals surface area (Å²) < 4.78 is 2.72. The van der Waals surface area contributed by atoms with Crippen LogP contribution in [0.4, 0.5) is 0 Å². The zero-order valence-electron chi connectivity index (χ0n) is 7.06. The number of halogens is 2. The van der Waals surface area contributed by atoms with Gasteiger partial charge in [-0.05, 0) is 28.2 Å². The van der Waals surface area contributed by atoms with Gasteiger partial charge in [-0.15, -0.1) is 0 Å². The first-order valence-electron chi connectivity index (χ1n) is 3.87. The number of nitrogens with zero attached hydrogens (tertiary/aromatic N) is 4. The normalized spacial score (nSPS) is 10.4. The minimum absolute atomic E-state index is 0.595. The van der Waals surface area contributed by atoms with E-state index in [2.05, 4.69) is 53.6 Å². The minimum atomic E-state index is 0.595. The summed E-state index contributed by atoms with van der Waals surface area (Å²) in [5.41, 5.74) is 1.05. The van der Waals surface area contributed by atoms with Gasteiger partial charge in [-0.3, -0.25) is 0 Å². The highest BCUT2D eigenvalue weighted by atomic mass is 127. The molecule has 0 amide bonds. The predicted octanol–water partition coefficient (Wildman–Crippen LogP) is 2.16. The van der Waals surface area contributed by atoms with E-state index in [4.69, 9.17) is 0 Å². The molecular weight excluding hydrogens is 359 g/mol. The first-order valence-corrected chi connectivity index (χ1v) is 6.07. The second-order valence-corrected chi connectivity index (χ2v) is 4.43. The molecule has 0 aliphatic carbocycles. The number of aromatic nitrogens is 4. The molecule has 0 bridgehead atoms. The molecular formula is C8H6BrIN4. The van der Waals surface area contributed by atoms with Crippen molar-refractivity contribution in [2.24, 2.45) is 0 Å². The van der Waals surface area contributed by atoms with Crippen LogP contribution in [0.1, 0.15) is 5.56 Å². The molecule has 2 heterocycles. The molecule has 0 saturated heterocycles. The van der Waals surface area contributed by atoms with Crippen LogP contribution in [0.15, 0.2) is 24.8 Å². The summed E-state index contributed by atoms with van der Waals surface area (Å²) in [4.78, 5) is 8.38. The van der Waals surface area contributed by atoms with E-state index >= 15 is 0 Å². The summed E-state index contributed by atoms with van der Waals surface area (Å²) in [6.07, 6.45) is 7.21. The van der Waals surface area contributed by atoms with Crippen molar-refractivity contribution < 1.29 is 0 Å². The molecule has 0 aromatic carbocycles. The molecule has 0 N–H and O–H groups in total. The molecule has 2 rings (SSSR count). The quantitative estimate of drug-likeness (QED) is 0.606. The fourth-order valence-corrected chi connectivity index (χ4v) is 1.62. The van der Waals surface area contributed by atoms with E-state index in [1.165, 1.54) is 0 Å². The smallest absolute Gasteiger partial charge is 0.219 e. The van der Waals surface area contributed by atoms with Crippen LogP contribution < -0.4 is 0 Å². The molecule has 0 aliphatic heterocycles. The van der Waals surface area contributed by atoms with Crippen LogP contribution in [0.5, 0.6) is 0 Å². The molecule has 0 radical (unpaired) electrons. The van der Waals surface area contributed by atoms with Gasteiger partial charge in [-0.25, -0.2) is 14.6 Å². The predicted molar refractivity (Wildman–Crippen MR) is 64.5 cm³/mol. The fourth-order valence-electron chi connectivity index (χ4n) is 0.945. The van der Waals surface area contributed by atoms with Crippen molar-refractivity contribution in [1.82, 2.24) is 19.7 Å². The molecule has 6 heteroatoms. The van der Waals surface area contributed by atoms with Crippen LogP contribution in [-0.2, 0) is 5.33 Å². The lowest BCUT2D eigenvalue weighted by atomic mass is 10.4. The maximum atomic E-state index is 4.19. The lowest BCUT2D eigenvalue weighted by Gasteiger charge is -1.98. The van der Waals surface area contributed by atoms with Crippen LogP contribution in [0.2, 0.25) is 0 Å². The Morgan fingerprint density at radius 1 is 1.29 bits per heavy atom. The molecule has 0 unspecified atom stereocenters. The van der Waals surface area contributed by atoms with E-state index in [9.17, 15) is 0 Å². The fraction of sp³-hybridized carbons (Fsp3) is 0.125. The van der Waals surface area contributed by atoms with Crippen LogP contribution in [-0.4, -0.2) is 19.7 Å². The largest absolute Gasteiger partial charge is 0.250 e. The average molecular weight is 365 g/mol. The number of rotatable bonds is 2. The summed E-state index contributed by atoms with van der Waals surface area (Å²) in [6.45, 7) is 0. The van der Waals surface area contributed by atoms with Crippen molar-refractivity contribution >= 4 is 38.5 Å². The Morgan fingerprint density at radius 2 is 2.00 bits per heavy atom. The minimum Gasteiger partial charge on any atom is -0.219 e. The Hall–Kier alpha value is -0.500. The van der Waals surface area contributed by atoms with Gasteiger partial charge in [0.25, 0.3) is 0 Å². The summed E-state index contributed by atoms with van der Waals surface area (Å²) in [6, 6.07) is 0. The topological polar surface area (TPSA) is 43.6 Å². The first kappa shape index (κ1) is 10.0. The van der Waals surface area contributed by atoms with Gasteiger partial charge in [0.15, 0.2) is 0 Å². The van der Waals surface area contributed by atoms with Gasteiger partial charge in [-0.2, -0.15) is 5.10 Å². The van der Waals surface area contributed by atoms with Crippen molar-refractivity contribution in [3.63, 3.8) is 0 Å². The third kappa shape index (κ3) is 2.11.